The zero-order chi connectivity index (χ0) is 9.97. The van der Waals surface area contributed by atoms with Gasteiger partial charge < -0.3 is 10.5 Å². The van der Waals surface area contributed by atoms with Gasteiger partial charge in [-0.3, -0.25) is 0 Å². The van der Waals surface area contributed by atoms with Crippen molar-refractivity contribution in [1.82, 2.24) is 0 Å². The van der Waals surface area contributed by atoms with Crippen LogP contribution in [0.1, 0.15) is 18.4 Å². The molecule has 14 heavy (non-hydrogen) atoms. The van der Waals surface area contributed by atoms with Gasteiger partial charge in [0.15, 0.2) is 0 Å². The van der Waals surface area contributed by atoms with Crippen molar-refractivity contribution in [2.75, 3.05) is 6.61 Å². The molecule has 0 spiro atoms. The first kappa shape index (κ1) is 9.06. The van der Waals surface area contributed by atoms with Gasteiger partial charge in [0.25, 0.3) is 6.02 Å². The van der Waals surface area contributed by atoms with Crippen LogP contribution in [0.3, 0.4) is 0 Å². The highest BCUT2D eigenvalue weighted by molar-refractivity contribution is 5.73. The van der Waals surface area contributed by atoms with E-state index in [2.05, 4.69) is 24.0 Å². The van der Waals surface area contributed by atoms with Crippen molar-refractivity contribution in [3.8, 4) is 0 Å². The number of benzene rings is 1. The van der Waals surface area contributed by atoms with E-state index in [0.717, 1.165) is 0 Å². The minimum atomic E-state index is 0.164. The third-order valence-corrected chi connectivity index (χ3v) is 2.60. The number of hydrogen-bond donors (Lipinski definition) is 1. The van der Waals surface area contributed by atoms with Gasteiger partial charge >= 0.3 is 0 Å². The van der Waals surface area contributed by atoms with E-state index in [1.54, 1.807) is 0 Å². The van der Waals surface area contributed by atoms with Crippen LogP contribution in [-0.4, -0.2) is 18.7 Å². The lowest BCUT2D eigenvalue weighted by Crippen LogP contribution is -2.15. The van der Waals surface area contributed by atoms with E-state index in [0.29, 0.717) is 18.5 Å². The number of amidine groups is 1. The van der Waals surface area contributed by atoms with Crippen molar-refractivity contribution in [3.05, 3.63) is 35.9 Å². The molecule has 0 aliphatic carbocycles. The summed E-state index contributed by atoms with van der Waals surface area (Å²) < 4.78 is 5.14. The minimum absolute atomic E-state index is 0.164. The van der Waals surface area contributed by atoms with Crippen molar-refractivity contribution in [2.45, 2.75) is 18.9 Å². The van der Waals surface area contributed by atoms with E-state index in [9.17, 15) is 0 Å². The van der Waals surface area contributed by atoms with Crippen LogP contribution in [0.4, 0.5) is 0 Å². The highest BCUT2D eigenvalue weighted by Gasteiger charge is 2.23. The third kappa shape index (κ3) is 1.71. The van der Waals surface area contributed by atoms with E-state index in [4.69, 9.17) is 10.5 Å². The maximum Gasteiger partial charge on any atom is 0.282 e. The molecule has 1 aromatic rings. The second-order valence-electron chi connectivity index (χ2n) is 3.55. The van der Waals surface area contributed by atoms with Crippen LogP contribution in [0.15, 0.2) is 35.3 Å². The summed E-state index contributed by atoms with van der Waals surface area (Å²) in [5.41, 5.74) is 6.75. The summed E-state index contributed by atoms with van der Waals surface area (Å²) in [5.74, 6) is 0.359. The molecule has 2 unspecified atom stereocenters. The molecule has 0 saturated carbocycles. The highest BCUT2D eigenvalue weighted by atomic mass is 16.5. The van der Waals surface area contributed by atoms with E-state index in [1.165, 1.54) is 5.56 Å². The van der Waals surface area contributed by atoms with Gasteiger partial charge in [0.2, 0.25) is 0 Å². The maximum absolute atomic E-state index is 5.47. The standard InChI is InChI=1S/C11H14N2O/c1-8(9-5-3-2-4-6-9)10-7-14-11(12)13-10/h2-6,8,10H,7H2,1H3,(H2,12,13). The van der Waals surface area contributed by atoms with Crippen LogP contribution >= 0.6 is 0 Å². The van der Waals surface area contributed by atoms with Crippen LogP contribution in [0.5, 0.6) is 0 Å². The van der Waals surface area contributed by atoms with Crippen LogP contribution in [-0.2, 0) is 4.74 Å². The smallest absolute Gasteiger partial charge is 0.282 e. The molecule has 0 bridgehead atoms. The Morgan fingerprint density at radius 3 is 2.71 bits per heavy atom. The molecule has 2 rings (SSSR count). The lowest BCUT2D eigenvalue weighted by Gasteiger charge is -2.14. The monoisotopic (exact) mass is 190 g/mol. The van der Waals surface area contributed by atoms with Gasteiger partial charge in [0.05, 0.1) is 6.04 Å². The Hall–Kier alpha value is -1.51. The molecule has 3 nitrogen and oxygen atoms in total. The summed E-state index contributed by atoms with van der Waals surface area (Å²) in [5, 5.41) is 0. The van der Waals surface area contributed by atoms with Gasteiger partial charge in [-0.1, -0.05) is 37.3 Å². The Morgan fingerprint density at radius 2 is 2.14 bits per heavy atom. The number of hydrogen-bond acceptors (Lipinski definition) is 3. The van der Waals surface area contributed by atoms with E-state index in [-0.39, 0.29) is 6.04 Å². The summed E-state index contributed by atoms with van der Waals surface area (Å²) >= 11 is 0. The molecule has 1 aliphatic heterocycles. The number of nitrogens with zero attached hydrogens (tertiary/aromatic N) is 1. The van der Waals surface area contributed by atoms with Gasteiger partial charge in [-0.25, -0.2) is 4.99 Å². The van der Waals surface area contributed by atoms with Gasteiger partial charge in [-0.2, -0.15) is 0 Å². The molecular weight excluding hydrogens is 176 g/mol. The Bertz CT molecular complexity index is 334. The normalized spacial score (nSPS) is 22.6. The fourth-order valence-corrected chi connectivity index (χ4v) is 1.64. The van der Waals surface area contributed by atoms with E-state index in [1.807, 2.05) is 18.2 Å². The molecule has 74 valence electrons. The molecule has 3 heteroatoms. The molecule has 0 amide bonds. The first-order valence-corrected chi connectivity index (χ1v) is 4.78. The zero-order valence-electron chi connectivity index (χ0n) is 8.18. The Kier molecular flexibility index (Phi) is 2.39. The van der Waals surface area contributed by atoms with Crippen LogP contribution in [0.2, 0.25) is 0 Å². The number of rotatable bonds is 2. The van der Waals surface area contributed by atoms with Crippen molar-refractivity contribution in [1.29, 1.82) is 0 Å². The molecule has 1 aromatic carbocycles. The van der Waals surface area contributed by atoms with Crippen molar-refractivity contribution in [3.63, 3.8) is 0 Å². The van der Waals surface area contributed by atoms with Crippen molar-refractivity contribution in [2.24, 2.45) is 10.7 Å². The Balaban J connectivity index is 2.13. The summed E-state index contributed by atoms with van der Waals surface area (Å²) in [4.78, 5) is 4.24. The predicted molar refractivity (Wildman–Crippen MR) is 56.2 cm³/mol. The van der Waals surface area contributed by atoms with Crippen molar-refractivity contribution < 1.29 is 4.74 Å². The zero-order valence-corrected chi connectivity index (χ0v) is 8.18. The first-order valence-electron chi connectivity index (χ1n) is 4.78. The molecule has 0 fully saturated rings. The average Bonchev–Trinajstić information content (AvgIpc) is 2.65. The highest BCUT2D eigenvalue weighted by Crippen LogP contribution is 2.23. The van der Waals surface area contributed by atoms with Crippen molar-refractivity contribution >= 4 is 6.02 Å². The fourth-order valence-electron chi connectivity index (χ4n) is 1.64. The average molecular weight is 190 g/mol. The molecule has 2 atom stereocenters. The second-order valence-corrected chi connectivity index (χ2v) is 3.55. The molecule has 1 heterocycles. The molecule has 0 saturated heterocycles. The largest absolute Gasteiger partial charge is 0.463 e. The maximum atomic E-state index is 5.47. The number of ether oxygens (including phenoxy) is 1. The number of nitrogens with two attached hydrogens (primary N) is 1. The summed E-state index contributed by atoms with van der Waals surface area (Å²) in [7, 11) is 0. The molecular formula is C11H14N2O. The van der Waals surface area contributed by atoms with E-state index >= 15 is 0 Å². The topological polar surface area (TPSA) is 47.6 Å². The predicted octanol–water partition coefficient (Wildman–Crippen LogP) is 1.50. The SMILES string of the molecule is CC(c1ccccc1)C1COC(N)=N1. The quantitative estimate of drug-likeness (QED) is 0.768. The lowest BCUT2D eigenvalue weighted by molar-refractivity contribution is 0.301. The second kappa shape index (κ2) is 3.70. The van der Waals surface area contributed by atoms with E-state index < -0.39 is 0 Å². The van der Waals surface area contributed by atoms with Crippen LogP contribution in [0, 0.1) is 0 Å². The third-order valence-electron chi connectivity index (χ3n) is 2.60. The number of aliphatic imine (C=N–C) groups is 1. The van der Waals surface area contributed by atoms with Crippen LogP contribution in [0.25, 0.3) is 0 Å². The summed E-state index contributed by atoms with van der Waals surface area (Å²) in [6, 6.07) is 10.8. The lowest BCUT2D eigenvalue weighted by atomic mass is 9.94. The summed E-state index contributed by atoms with van der Waals surface area (Å²) in [6.07, 6.45) is 0. The van der Waals surface area contributed by atoms with Crippen LogP contribution < -0.4 is 5.73 Å². The van der Waals surface area contributed by atoms with Gasteiger partial charge in [-0.15, -0.1) is 0 Å². The Labute approximate surface area is 83.6 Å². The fraction of sp³-hybridized carbons (Fsp3) is 0.364. The molecule has 1 aliphatic rings. The Morgan fingerprint density at radius 1 is 1.43 bits per heavy atom. The molecule has 0 radical (unpaired) electrons. The first-order chi connectivity index (χ1) is 6.77. The van der Waals surface area contributed by atoms with Gasteiger partial charge in [0.1, 0.15) is 6.61 Å². The molecule has 0 aromatic heterocycles. The molecule has 2 N–H and O–H groups in total. The minimum Gasteiger partial charge on any atom is -0.463 e. The van der Waals surface area contributed by atoms with Gasteiger partial charge in [-0.05, 0) is 5.56 Å². The van der Waals surface area contributed by atoms with Gasteiger partial charge in [0, 0.05) is 5.92 Å². The summed E-state index contributed by atoms with van der Waals surface area (Å²) in [6.45, 7) is 2.74.